The van der Waals surface area contributed by atoms with Crippen molar-refractivity contribution in [1.29, 1.82) is 0 Å². The first-order chi connectivity index (χ1) is 9.04. The lowest BCUT2D eigenvalue weighted by Gasteiger charge is -2.61. The largest absolute Gasteiger partial charge is 0.380 e. The first-order valence-electron chi connectivity index (χ1n) is 7.37. The molecule has 0 saturated heterocycles. The van der Waals surface area contributed by atoms with Crippen LogP contribution >= 0.6 is 0 Å². The van der Waals surface area contributed by atoms with Gasteiger partial charge in [-0.2, -0.15) is 0 Å². The summed E-state index contributed by atoms with van der Waals surface area (Å²) >= 11 is 0. The van der Waals surface area contributed by atoms with E-state index in [1.165, 1.54) is 44.2 Å². The average molecular weight is 260 g/mol. The van der Waals surface area contributed by atoms with Crippen LogP contribution in [0.5, 0.6) is 0 Å². The SMILES string of the molecule is NC12CC3CC(C1)CC(Nc1ccc(F)cc1)(C3)C2. The second kappa shape index (κ2) is 3.72. The Bertz CT molecular complexity index is 482. The van der Waals surface area contributed by atoms with Crippen molar-refractivity contribution in [3.63, 3.8) is 0 Å². The molecule has 2 nitrogen and oxygen atoms in total. The van der Waals surface area contributed by atoms with Gasteiger partial charge in [-0.15, -0.1) is 0 Å². The zero-order valence-corrected chi connectivity index (χ0v) is 11.2. The fourth-order valence-electron chi connectivity index (χ4n) is 5.32. The molecule has 102 valence electrons. The maximum atomic E-state index is 13.0. The molecule has 0 amide bonds. The van der Waals surface area contributed by atoms with Crippen LogP contribution in [0, 0.1) is 17.7 Å². The number of hydrogen-bond acceptors (Lipinski definition) is 2. The van der Waals surface area contributed by atoms with Gasteiger partial charge in [0.05, 0.1) is 0 Å². The van der Waals surface area contributed by atoms with E-state index >= 15 is 0 Å². The van der Waals surface area contributed by atoms with Crippen molar-refractivity contribution in [3.05, 3.63) is 30.1 Å². The maximum absolute atomic E-state index is 13.0. The highest BCUT2D eigenvalue weighted by molar-refractivity contribution is 5.46. The molecular formula is C16H21FN2. The van der Waals surface area contributed by atoms with Crippen LogP contribution < -0.4 is 11.1 Å². The molecule has 1 aromatic carbocycles. The lowest BCUT2D eigenvalue weighted by molar-refractivity contribution is -0.00776. The summed E-state index contributed by atoms with van der Waals surface area (Å²) in [7, 11) is 0. The van der Waals surface area contributed by atoms with E-state index in [9.17, 15) is 4.39 Å². The van der Waals surface area contributed by atoms with Crippen LogP contribution in [-0.4, -0.2) is 11.1 Å². The fraction of sp³-hybridized carbons (Fsp3) is 0.625. The molecule has 4 aliphatic rings. The van der Waals surface area contributed by atoms with Crippen molar-refractivity contribution >= 4 is 5.69 Å². The fourth-order valence-corrected chi connectivity index (χ4v) is 5.32. The number of hydrogen-bond donors (Lipinski definition) is 2. The van der Waals surface area contributed by atoms with Gasteiger partial charge in [0.15, 0.2) is 0 Å². The molecule has 4 saturated carbocycles. The Morgan fingerprint density at radius 3 is 2.26 bits per heavy atom. The molecule has 3 heteroatoms. The molecule has 0 heterocycles. The molecular weight excluding hydrogens is 239 g/mol. The molecule has 1 aromatic rings. The van der Waals surface area contributed by atoms with Gasteiger partial charge >= 0.3 is 0 Å². The maximum Gasteiger partial charge on any atom is 0.123 e. The van der Waals surface area contributed by atoms with Crippen LogP contribution in [0.15, 0.2) is 24.3 Å². The number of benzene rings is 1. The highest BCUT2D eigenvalue weighted by Gasteiger charge is 2.56. The van der Waals surface area contributed by atoms with Crippen LogP contribution in [0.3, 0.4) is 0 Å². The molecule has 2 unspecified atom stereocenters. The minimum Gasteiger partial charge on any atom is -0.380 e. The summed E-state index contributed by atoms with van der Waals surface area (Å²) in [4.78, 5) is 0. The van der Waals surface area contributed by atoms with E-state index < -0.39 is 0 Å². The summed E-state index contributed by atoms with van der Waals surface area (Å²) in [5, 5.41) is 3.69. The molecule has 0 radical (unpaired) electrons. The van der Waals surface area contributed by atoms with Crippen molar-refractivity contribution in [3.8, 4) is 0 Å². The highest BCUT2D eigenvalue weighted by atomic mass is 19.1. The summed E-state index contributed by atoms with van der Waals surface area (Å²) in [5.41, 5.74) is 7.83. The molecule has 4 bridgehead atoms. The van der Waals surface area contributed by atoms with Gasteiger partial charge in [-0.3, -0.25) is 0 Å². The molecule has 2 atom stereocenters. The van der Waals surface area contributed by atoms with E-state index in [-0.39, 0.29) is 16.9 Å². The predicted molar refractivity (Wildman–Crippen MR) is 74.4 cm³/mol. The third-order valence-corrected chi connectivity index (χ3v) is 5.36. The summed E-state index contributed by atoms with van der Waals surface area (Å²) in [5.74, 6) is 1.41. The minimum absolute atomic E-state index is 0.0527. The second-order valence-electron chi connectivity index (χ2n) is 7.24. The van der Waals surface area contributed by atoms with Gasteiger partial charge in [0.1, 0.15) is 5.82 Å². The van der Waals surface area contributed by atoms with E-state index in [2.05, 4.69) is 5.32 Å². The highest BCUT2D eigenvalue weighted by Crippen LogP contribution is 2.57. The van der Waals surface area contributed by atoms with Crippen LogP contribution in [-0.2, 0) is 0 Å². The lowest BCUT2D eigenvalue weighted by atomic mass is 9.50. The zero-order valence-electron chi connectivity index (χ0n) is 11.2. The van der Waals surface area contributed by atoms with Crippen LogP contribution in [0.1, 0.15) is 38.5 Å². The minimum atomic E-state index is -0.175. The van der Waals surface area contributed by atoms with Gasteiger partial charge in [0.25, 0.3) is 0 Å². The molecule has 0 aliphatic heterocycles. The Morgan fingerprint density at radius 1 is 1.05 bits per heavy atom. The zero-order chi connectivity index (χ0) is 13.1. The van der Waals surface area contributed by atoms with Crippen molar-refractivity contribution in [2.75, 3.05) is 5.32 Å². The van der Waals surface area contributed by atoms with Gasteiger partial charge in [-0.25, -0.2) is 4.39 Å². The Labute approximate surface area is 113 Å². The Hall–Kier alpha value is -1.09. The Kier molecular flexibility index (Phi) is 2.29. The van der Waals surface area contributed by atoms with Crippen LogP contribution in [0.4, 0.5) is 10.1 Å². The topological polar surface area (TPSA) is 38.0 Å². The van der Waals surface area contributed by atoms with E-state index in [1.54, 1.807) is 0 Å². The van der Waals surface area contributed by atoms with Crippen molar-refractivity contribution in [2.24, 2.45) is 17.6 Å². The number of rotatable bonds is 2. The molecule has 4 aliphatic carbocycles. The standard InChI is InChI=1S/C16H21FN2/c17-13-1-3-14(4-2-13)19-16-8-11-5-12(9-16)7-15(18,6-11)10-16/h1-4,11-12,19H,5-10,18H2. The lowest BCUT2D eigenvalue weighted by Crippen LogP contribution is -2.65. The third-order valence-electron chi connectivity index (χ3n) is 5.36. The third kappa shape index (κ3) is 1.95. The Morgan fingerprint density at radius 2 is 1.68 bits per heavy atom. The van der Waals surface area contributed by atoms with E-state index in [0.29, 0.717) is 0 Å². The average Bonchev–Trinajstić information content (AvgIpc) is 2.28. The number of halogens is 1. The number of nitrogens with one attached hydrogen (secondary N) is 1. The molecule has 5 rings (SSSR count). The van der Waals surface area contributed by atoms with E-state index in [1.807, 2.05) is 12.1 Å². The smallest absolute Gasteiger partial charge is 0.123 e. The molecule has 0 spiro atoms. The van der Waals surface area contributed by atoms with Gasteiger partial charge in [-0.1, -0.05) is 0 Å². The van der Waals surface area contributed by atoms with Crippen molar-refractivity contribution < 1.29 is 4.39 Å². The van der Waals surface area contributed by atoms with Crippen molar-refractivity contribution in [1.82, 2.24) is 0 Å². The first kappa shape index (κ1) is 11.7. The quantitative estimate of drug-likeness (QED) is 0.856. The molecule has 19 heavy (non-hydrogen) atoms. The normalized spacial score (nSPS) is 43.5. The van der Waals surface area contributed by atoms with Gasteiger partial charge in [0, 0.05) is 16.8 Å². The monoisotopic (exact) mass is 260 g/mol. The van der Waals surface area contributed by atoms with Crippen LogP contribution in [0.25, 0.3) is 0 Å². The Balaban J connectivity index is 1.61. The van der Waals surface area contributed by atoms with Gasteiger partial charge in [-0.05, 0) is 74.6 Å². The van der Waals surface area contributed by atoms with Crippen LogP contribution in [0.2, 0.25) is 0 Å². The van der Waals surface area contributed by atoms with E-state index in [0.717, 1.165) is 23.9 Å². The number of nitrogens with two attached hydrogens (primary N) is 1. The first-order valence-corrected chi connectivity index (χ1v) is 7.37. The summed E-state index contributed by atoms with van der Waals surface area (Å²) in [6, 6.07) is 6.75. The molecule has 0 aromatic heterocycles. The predicted octanol–water partition coefficient (Wildman–Crippen LogP) is 3.29. The summed E-state index contributed by atoms with van der Waals surface area (Å²) in [6.07, 6.45) is 7.32. The van der Waals surface area contributed by atoms with E-state index in [4.69, 9.17) is 5.73 Å². The van der Waals surface area contributed by atoms with Crippen molar-refractivity contribution in [2.45, 2.75) is 49.6 Å². The second-order valence-corrected chi connectivity index (χ2v) is 7.24. The molecule has 3 N–H and O–H groups in total. The summed E-state index contributed by atoms with van der Waals surface area (Å²) < 4.78 is 13.0. The van der Waals surface area contributed by atoms with Gasteiger partial charge in [0.2, 0.25) is 0 Å². The molecule has 4 fully saturated rings. The van der Waals surface area contributed by atoms with Gasteiger partial charge < -0.3 is 11.1 Å². The number of anilines is 1. The summed E-state index contributed by atoms with van der Waals surface area (Å²) in [6.45, 7) is 0.